The van der Waals surface area contributed by atoms with E-state index in [0.29, 0.717) is 23.1 Å². The van der Waals surface area contributed by atoms with Gasteiger partial charge in [0.1, 0.15) is 5.75 Å². The molecular weight excluding hydrogens is 338 g/mol. The van der Waals surface area contributed by atoms with E-state index in [1.54, 1.807) is 24.3 Å². The van der Waals surface area contributed by atoms with Gasteiger partial charge in [0.2, 0.25) is 0 Å². The number of nitrogens with zero attached hydrogens (tertiary/aromatic N) is 1. The Morgan fingerprint density at radius 1 is 1.19 bits per heavy atom. The Balaban J connectivity index is 1.87. The zero-order valence-electron chi connectivity index (χ0n) is 15.9. The number of aromatic carboxylic acids is 1. The van der Waals surface area contributed by atoms with Crippen molar-refractivity contribution in [3.8, 4) is 5.75 Å². The maximum Gasteiger partial charge on any atom is 0.335 e. The third-order valence-corrected chi connectivity index (χ3v) is 5.29. The maximum absolute atomic E-state index is 11.2. The summed E-state index contributed by atoms with van der Waals surface area (Å²) in [5.74, 6) is 0.287. The highest BCUT2D eigenvalue weighted by molar-refractivity contribution is 5.88. The summed E-state index contributed by atoms with van der Waals surface area (Å²) in [5.41, 5.74) is 3.76. The largest absolute Gasteiger partial charge is 0.508 e. The van der Waals surface area contributed by atoms with Gasteiger partial charge in [0, 0.05) is 6.54 Å². The van der Waals surface area contributed by atoms with Gasteiger partial charge in [-0.25, -0.2) is 4.79 Å². The van der Waals surface area contributed by atoms with Gasteiger partial charge in [-0.3, -0.25) is 0 Å². The fourth-order valence-electron chi connectivity index (χ4n) is 4.08. The first-order valence-electron chi connectivity index (χ1n) is 9.39. The molecule has 0 unspecified atom stereocenters. The molecule has 0 amide bonds. The Hall–Kier alpha value is -2.59. The molecule has 2 aromatic rings. The van der Waals surface area contributed by atoms with Gasteiger partial charge in [-0.1, -0.05) is 35.9 Å². The van der Waals surface area contributed by atoms with Crippen LogP contribution in [0.2, 0.25) is 0 Å². The third kappa shape index (κ3) is 4.98. The molecule has 0 aromatic heterocycles. The number of carboxylic acid groups (broad SMARTS) is 1. The molecule has 0 aliphatic heterocycles. The fourth-order valence-corrected chi connectivity index (χ4v) is 4.08. The summed E-state index contributed by atoms with van der Waals surface area (Å²) in [6.45, 7) is 1.02. The first-order chi connectivity index (χ1) is 12.9. The number of hydrogen-bond acceptors (Lipinski definition) is 3. The number of benzene rings is 2. The monoisotopic (exact) mass is 365 g/mol. The minimum absolute atomic E-state index is 0.307. The molecule has 0 radical (unpaired) electrons. The molecule has 0 spiro atoms. The lowest BCUT2D eigenvalue weighted by atomic mass is 9.73. The predicted molar refractivity (Wildman–Crippen MR) is 108 cm³/mol. The van der Waals surface area contributed by atoms with Crippen molar-refractivity contribution in [2.24, 2.45) is 5.92 Å². The summed E-state index contributed by atoms with van der Waals surface area (Å²) in [6, 6.07) is 14.7. The summed E-state index contributed by atoms with van der Waals surface area (Å²) < 4.78 is 0. The number of carbonyl (C=O) groups is 1. The minimum atomic E-state index is -0.900. The Morgan fingerprint density at radius 3 is 2.67 bits per heavy atom. The Labute approximate surface area is 160 Å². The van der Waals surface area contributed by atoms with Gasteiger partial charge >= 0.3 is 5.97 Å². The van der Waals surface area contributed by atoms with Gasteiger partial charge in [0.25, 0.3) is 0 Å². The van der Waals surface area contributed by atoms with E-state index in [4.69, 9.17) is 0 Å². The second-order valence-electron chi connectivity index (χ2n) is 7.70. The Bertz CT molecular complexity index is 841. The Morgan fingerprint density at radius 2 is 1.96 bits per heavy atom. The first kappa shape index (κ1) is 19.2. The number of carboxylic acids is 1. The molecule has 4 nitrogen and oxygen atoms in total. The molecule has 0 saturated heterocycles. The van der Waals surface area contributed by atoms with Gasteiger partial charge in [0.05, 0.1) is 5.56 Å². The topological polar surface area (TPSA) is 60.8 Å². The predicted octanol–water partition coefficient (Wildman–Crippen LogP) is 4.62. The summed E-state index contributed by atoms with van der Waals surface area (Å²) in [6.07, 6.45) is 5.17. The van der Waals surface area contributed by atoms with Crippen LogP contribution in [0.3, 0.4) is 0 Å². The van der Waals surface area contributed by atoms with E-state index >= 15 is 0 Å². The van der Waals surface area contributed by atoms with E-state index < -0.39 is 5.97 Å². The standard InChI is InChI=1S/C23H27NO3/c1-24(2)15-20-10-9-17(11-16-5-3-7-19(12-16)23(26)27)13-22(20)18-6-4-8-21(25)14-18/h3-8,11-12,14,20,22,25H,9-10,13,15H2,1-2H3,(H,26,27)/t20-,22-/m0/s1. The van der Waals surface area contributed by atoms with E-state index in [2.05, 4.69) is 31.1 Å². The average molecular weight is 365 g/mol. The smallest absolute Gasteiger partial charge is 0.335 e. The molecule has 3 rings (SSSR count). The first-order valence-corrected chi connectivity index (χ1v) is 9.39. The van der Waals surface area contributed by atoms with Gasteiger partial charge in [-0.05, 0) is 80.6 Å². The van der Waals surface area contributed by atoms with E-state index in [1.165, 1.54) is 11.1 Å². The molecule has 1 aliphatic carbocycles. The van der Waals surface area contributed by atoms with Crippen LogP contribution in [0.5, 0.6) is 5.75 Å². The quantitative estimate of drug-likeness (QED) is 0.812. The van der Waals surface area contributed by atoms with Crippen LogP contribution in [-0.2, 0) is 0 Å². The number of rotatable bonds is 5. The number of phenolic OH excluding ortho intramolecular Hbond substituents is 1. The SMILES string of the molecule is CN(C)C[C@@H]1CCC(=Cc2cccc(C(=O)O)c2)C[C@H]1c1cccc(O)c1. The van der Waals surface area contributed by atoms with Crippen LogP contribution in [0, 0.1) is 5.92 Å². The molecule has 1 fully saturated rings. The highest BCUT2D eigenvalue weighted by Gasteiger charge is 2.29. The Kier molecular flexibility index (Phi) is 5.97. The van der Waals surface area contributed by atoms with Crippen molar-refractivity contribution in [3.63, 3.8) is 0 Å². The van der Waals surface area contributed by atoms with E-state index in [9.17, 15) is 15.0 Å². The van der Waals surface area contributed by atoms with E-state index in [1.807, 2.05) is 18.2 Å². The molecule has 0 heterocycles. The van der Waals surface area contributed by atoms with Crippen molar-refractivity contribution in [1.82, 2.24) is 4.90 Å². The molecule has 2 aromatic carbocycles. The van der Waals surface area contributed by atoms with Crippen molar-refractivity contribution in [2.75, 3.05) is 20.6 Å². The lowest BCUT2D eigenvalue weighted by Crippen LogP contribution is -2.29. The van der Waals surface area contributed by atoms with Crippen molar-refractivity contribution < 1.29 is 15.0 Å². The van der Waals surface area contributed by atoms with Gasteiger partial charge in [0.15, 0.2) is 0 Å². The minimum Gasteiger partial charge on any atom is -0.508 e. The maximum atomic E-state index is 11.2. The molecule has 1 saturated carbocycles. The number of phenols is 1. The van der Waals surface area contributed by atoms with Crippen molar-refractivity contribution >= 4 is 12.0 Å². The highest BCUT2D eigenvalue weighted by atomic mass is 16.4. The van der Waals surface area contributed by atoms with Crippen LogP contribution in [0.1, 0.15) is 46.7 Å². The van der Waals surface area contributed by atoms with Gasteiger partial charge < -0.3 is 15.1 Å². The lowest BCUT2D eigenvalue weighted by Gasteiger charge is -2.35. The summed E-state index contributed by atoms with van der Waals surface area (Å²) in [4.78, 5) is 13.4. The molecule has 1 aliphatic rings. The number of hydrogen-bond donors (Lipinski definition) is 2. The normalized spacial score (nSPS) is 21.5. The third-order valence-electron chi connectivity index (χ3n) is 5.29. The highest BCUT2D eigenvalue weighted by Crippen LogP contribution is 2.42. The second-order valence-corrected chi connectivity index (χ2v) is 7.70. The van der Waals surface area contributed by atoms with E-state index in [0.717, 1.165) is 31.4 Å². The van der Waals surface area contributed by atoms with Crippen molar-refractivity contribution in [3.05, 3.63) is 70.8 Å². The summed E-state index contributed by atoms with van der Waals surface area (Å²) >= 11 is 0. The molecule has 4 heteroatoms. The molecule has 27 heavy (non-hydrogen) atoms. The van der Waals surface area contributed by atoms with Gasteiger partial charge in [-0.2, -0.15) is 0 Å². The zero-order valence-corrected chi connectivity index (χ0v) is 15.9. The second kappa shape index (κ2) is 8.40. The zero-order chi connectivity index (χ0) is 19.4. The molecule has 2 N–H and O–H groups in total. The van der Waals surface area contributed by atoms with Crippen LogP contribution < -0.4 is 0 Å². The van der Waals surface area contributed by atoms with Crippen molar-refractivity contribution in [2.45, 2.75) is 25.2 Å². The van der Waals surface area contributed by atoms with Gasteiger partial charge in [-0.15, -0.1) is 0 Å². The fraction of sp³-hybridized carbons (Fsp3) is 0.348. The number of aromatic hydroxyl groups is 1. The lowest BCUT2D eigenvalue weighted by molar-refractivity contribution is 0.0697. The van der Waals surface area contributed by atoms with Crippen LogP contribution in [0.15, 0.2) is 54.1 Å². The average Bonchev–Trinajstić information content (AvgIpc) is 2.63. The van der Waals surface area contributed by atoms with E-state index in [-0.39, 0.29) is 0 Å². The molecular formula is C23H27NO3. The van der Waals surface area contributed by atoms with Crippen LogP contribution in [0.25, 0.3) is 6.08 Å². The number of allylic oxidation sites excluding steroid dienone is 1. The molecule has 142 valence electrons. The summed E-state index contributed by atoms with van der Waals surface area (Å²) in [7, 11) is 4.20. The summed E-state index contributed by atoms with van der Waals surface area (Å²) in [5, 5.41) is 19.1. The van der Waals surface area contributed by atoms with Crippen LogP contribution in [-0.4, -0.2) is 41.7 Å². The molecule has 2 atom stereocenters. The van der Waals surface area contributed by atoms with Crippen LogP contribution in [0.4, 0.5) is 0 Å². The van der Waals surface area contributed by atoms with Crippen molar-refractivity contribution in [1.29, 1.82) is 0 Å². The van der Waals surface area contributed by atoms with Crippen LogP contribution >= 0.6 is 0 Å². The molecule has 0 bridgehead atoms.